The van der Waals surface area contributed by atoms with E-state index in [1.54, 1.807) is 0 Å². The molecule has 0 aliphatic carbocycles. The third-order valence-corrected chi connectivity index (χ3v) is 9.18. The molecule has 0 unspecified atom stereocenters. The largest absolute Gasteiger partial charge is 0.416 e. The number of hydrogen-bond donors (Lipinski definition) is 1. The maximum atomic E-state index is 13.8. The zero-order valence-electron chi connectivity index (χ0n) is 28.1. The van der Waals surface area contributed by atoms with E-state index < -0.39 is 53.5 Å². The molecule has 2 aromatic heterocycles. The van der Waals surface area contributed by atoms with Gasteiger partial charge in [-0.05, 0) is 24.1 Å². The number of sulfone groups is 1. The van der Waals surface area contributed by atoms with Gasteiger partial charge in [-0.3, -0.25) is 4.90 Å². The topological polar surface area (TPSA) is 106 Å². The third kappa shape index (κ3) is 4.50. The first-order valence-corrected chi connectivity index (χ1v) is 13.5. The molecule has 2 N–H and O–H groups in total. The SMILES string of the molecule is [2H]C1([2H])OC([2H])([2H])C([2H])([2H])N(c2cc(N)c3nc(CN4CC5(C4)CS(=O)(=O)C5)c(Cc4cccc(C(F)(F)F)c4C)n3n2)C1([2H])[2H]. The van der Waals surface area contributed by atoms with E-state index in [0.717, 1.165) is 16.6 Å². The molecule has 13 heteroatoms. The van der Waals surface area contributed by atoms with Crippen LogP contribution in [0.5, 0.6) is 0 Å². The van der Waals surface area contributed by atoms with Gasteiger partial charge in [0.05, 0.1) is 58.2 Å². The number of nitrogens with two attached hydrogens (primary N) is 1. The molecule has 1 spiro atoms. The van der Waals surface area contributed by atoms with Gasteiger partial charge in [-0.2, -0.15) is 13.2 Å². The number of benzene rings is 1. The molecule has 0 radical (unpaired) electrons. The summed E-state index contributed by atoms with van der Waals surface area (Å²) in [5.41, 5.74) is 5.62. The van der Waals surface area contributed by atoms with E-state index in [0.29, 0.717) is 18.8 Å². The van der Waals surface area contributed by atoms with Gasteiger partial charge >= 0.3 is 6.18 Å². The standard InChI is InChI=1S/C25H29F3N6O3S/c1-16-17(3-2-4-18(16)25(26,27)28)9-21-20(11-32-12-24(13-32)14-38(35,36)15-24)30-23-19(29)10-22(31-34(21)23)33-5-7-37-8-6-33/h2-4,10H,5-9,11-15,29H2,1H3/i5D2,6D2,7D2,8D2. The summed E-state index contributed by atoms with van der Waals surface area (Å²) in [7, 11) is -3.09. The van der Waals surface area contributed by atoms with E-state index in [1.165, 1.54) is 19.1 Å². The van der Waals surface area contributed by atoms with Crippen molar-refractivity contribution in [3.05, 3.63) is 52.3 Å². The second-order valence-electron chi connectivity index (χ2n) is 10.0. The Balaban J connectivity index is 1.48. The summed E-state index contributed by atoms with van der Waals surface area (Å²) < 4.78 is 136. The summed E-state index contributed by atoms with van der Waals surface area (Å²) in [5.74, 6) is -0.509. The normalized spacial score (nSPS) is 29.4. The fourth-order valence-corrected chi connectivity index (χ4v) is 7.65. The summed E-state index contributed by atoms with van der Waals surface area (Å²) in [4.78, 5) is 6.66. The molecular formula is C25H29F3N6O3S. The van der Waals surface area contributed by atoms with Crippen molar-refractivity contribution in [1.29, 1.82) is 0 Å². The highest BCUT2D eigenvalue weighted by Gasteiger charge is 2.55. The van der Waals surface area contributed by atoms with Gasteiger partial charge in [0.2, 0.25) is 0 Å². The number of alkyl halides is 3. The number of nitrogen functional groups attached to an aromatic ring is 1. The lowest BCUT2D eigenvalue weighted by atomic mass is 9.83. The zero-order valence-corrected chi connectivity index (χ0v) is 20.9. The number of rotatable bonds is 5. The first-order chi connectivity index (χ1) is 20.9. The van der Waals surface area contributed by atoms with Crippen molar-refractivity contribution in [2.24, 2.45) is 5.41 Å². The lowest BCUT2D eigenvalue weighted by molar-refractivity contribution is -0.138. The molecule has 3 aliphatic heterocycles. The Kier molecular flexibility index (Phi) is 4.09. The van der Waals surface area contributed by atoms with Crippen LogP contribution >= 0.6 is 0 Å². The Morgan fingerprint density at radius 3 is 2.58 bits per heavy atom. The third-order valence-electron chi connectivity index (χ3n) is 7.07. The van der Waals surface area contributed by atoms with Crippen LogP contribution in [0.1, 0.15) is 39.0 Å². The van der Waals surface area contributed by atoms with Crippen LogP contribution in [0.3, 0.4) is 0 Å². The molecule has 0 bridgehead atoms. The van der Waals surface area contributed by atoms with Crippen molar-refractivity contribution in [2.45, 2.75) is 26.1 Å². The minimum absolute atomic E-state index is 0.000222. The number of morpholine rings is 1. The van der Waals surface area contributed by atoms with Crippen LogP contribution in [-0.2, 0) is 33.7 Å². The summed E-state index contributed by atoms with van der Waals surface area (Å²) in [6.07, 6.45) is -4.82. The van der Waals surface area contributed by atoms with Crippen molar-refractivity contribution in [1.82, 2.24) is 19.5 Å². The second-order valence-corrected chi connectivity index (χ2v) is 12.1. The van der Waals surface area contributed by atoms with Crippen LogP contribution in [0.25, 0.3) is 5.65 Å². The molecule has 3 aliphatic rings. The number of ether oxygens (including phenoxy) is 1. The predicted molar refractivity (Wildman–Crippen MR) is 136 cm³/mol. The maximum Gasteiger partial charge on any atom is 0.416 e. The Bertz CT molecular complexity index is 1830. The first kappa shape index (κ1) is 17.6. The zero-order chi connectivity index (χ0) is 34.0. The van der Waals surface area contributed by atoms with E-state index in [4.69, 9.17) is 16.7 Å². The van der Waals surface area contributed by atoms with Crippen LogP contribution in [0.15, 0.2) is 24.3 Å². The van der Waals surface area contributed by atoms with E-state index in [9.17, 15) is 21.6 Å². The summed E-state index contributed by atoms with van der Waals surface area (Å²) >= 11 is 0. The Hall–Kier alpha value is -2.90. The van der Waals surface area contributed by atoms with Crippen molar-refractivity contribution in [3.63, 3.8) is 0 Å². The molecule has 3 saturated heterocycles. The quantitative estimate of drug-likeness (QED) is 0.509. The fourth-order valence-electron chi connectivity index (χ4n) is 5.50. The Labute approximate surface area is 229 Å². The van der Waals surface area contributed by atoms with Gasteiger partial charge in [-0.25, -0.2) is 17.9 Å². The van der Waals surface area contributed by atoms with Gasteiger partial charge in [0.1, 0.15) is 0 Å². The number of imidazole rings is 1. The van der Waals surface area contributed by atoms with Gasteiger partial charge in [-0.1, -0.05) is 12.1 Å². The molecule has 9 nitrogen and oxygen atoms in total. The molecule has 204 valence electrons. The molecular weight excluding hydrogens is 521 g/mol. The van der Waals surface area contributed by atoms with Crippen LogP contribution in [0, 0.1) is 12.3 Å². The molecule has 5 heterocycles. The van der Waals surface area contributed by atoms with E-state index in [-0.39, 0.29) is 62.9 Å². The van der Waals surface area contributed by atoms with Gasteiger partial charge in [0.25, 0.3) is 0 Å². The smallest absolute Gasteiger partial charge is 0.396 e. The Morgan fingerprint density at radius 2 is 1.92 bits per heavy atom. The average Bonchev–Trinajstić information content (AvgIpc) is 3.18. The van der Waals surface area contributed by atoms with Crippen molar-refractivity contribution < 1.29 is 37.3 Å². The summed E-state index contributed by atoms with van der Waals surface area (Å²) in [5, 5.41) is 4.34. The number of halogens is 3. The van der Waals surface area contributed by atoms with Crippen molar-refractivity contribution >= 4 is 27.0 Å². The summed E-state index contributed by atoms with van der Waals surface area (Å²) in [6.45, 7) is -11.1. The van der Waals surface area contributed by atoms with Gasteiger partial charge in [0.15, 0.2) is 21.3 Å². The lowest BCUT2D eigenvalue weighted by Gasteiger charge is -2.54. The Morgan fingerprint density at radius 1 is 1.21 bits per heavy atom. The molecule has 3 fully saturated rings. The van der Waals surface area contributed by atoms with Crippen molar-refractivity contribution in [3.8, 4) is 0 Å². The highest BCUT2D eigenvalue weighted by atomic mass is 32.2. The highest BCUT2D eigenvalue weighted by molar-refractivity contribution is 7.92. The molecule has 0 amide bonds. The number of nitrogens with zero attached hydrogens (tertiary/aromatic N) is 5. The average molecular weight is 559 g/mol. The van der Waals surface area contributed by atoms with Crippen LogP contribution in [0.2, 0.25) is 0 Å². The van der Waals surface area contributed by atoms with Crippen LogP contribution in [0.4, 0.5) is 24.7 Å². The van der Waals surface area contributed by atoms with Crippen LogP contribution in [-0.4, -0.2) is 78.6 Å². The summed E-state index contributed by atoms with van der Waals surface area (Å²) in [6, 6.07) is 4.69. The molecule has 3 aromatic rings. The minimum Gasteiger partial charge on any atom is -0.396 e. The monoisotopic (exact) mass is 558 g/mol. The van der Waals surface area contributed by atoms with Gasteiger partial charge in [-0.15, -0.1) is 5.10 Å². The number of aromatic nitrogens is 3. The number of fused-ring (bicyclic) bond motifs is 1. The molecule has 1 aromatic carbocycles. The van der Waals surface area contributed by atoms with E-state index in [2.05, 4.69) is 14.8 Å². The minimum atomic E-state index is -4.64. The second kappa shape index (κ2) is 8.82. The highest BCUT2D eigenvalue weighted by Crippen LogP contribution is 2.42. The number of anilines is 2. The van der Waals surface area contributed by atoms with Gasteiger partial charge in [0, 0.05) is 50.5 Å². The molecule has 38 heavy (non-hydrogen) atoms. The molecule has 0 saturated carbocycles. The molecule has 0 atom stereocenters. The number of hydrogen-bond acceptors (Lipinski definition) is 8. The van der Waals surface area contributed by atoms with Gasteiger partial charge < -0.3 is 15.4 Å². The fraction of sp³-hybridized carbons (Fsp3) is 0.520. The van der Waals surface area contributed by atoms with E-state index in [1.807, 2.05) is 4.90 Å². The predicted octanol–water partition coefficient (Wildman–Crippen LogP) is 2.30. The number of likely N-dealkylation sites (tertiary alicyclic amines) is 1. The maximum absolute atomic E-state index is 13.8. The lowest BCUT2D eigenvalue weighted by Crippen LogP contribution is -2.67. The van der Waals surface area contributed by atoms with E-state index >= 15 is 0 Å². The van der Waals surface area contributed by atoms with Crippen molar-refractivity contribution in [2.75, 3.05) is 61.3 Å². The first-order valence-electron chi connectivity index (χ1n) is 15.7. The van der Waals surface area contributed by atoms with Crippen LogP contribution < -0.4 is 10.6 Å². The molecule has 6 rings (SSSR count).